The van der Waals surface area contributed by atoms with E-state index in [2.05, 4.69) is 30.4 Å². The van der Waals surface area contributed by atoms with Gasteiger partial charge in [-0.15, -0.1) is 5.10 Å². The van der Waals surface area contributed by atoms with Crippen LogP contribution in [-0.2, 0) is 0 Å². The number of piperidine rings is 1. The molecule has 2 aliphatic heterocycles. The molecule has 0 saturated carbocycles. The topological polar surface area (TPSA) is 89.7 Å². The van der Waals surface area contributed by atoms with Crippen LogP contribution in [0.25, 0.3) is 11.4 Å². The molecular formula is C14H18N6O. The summed E-state index contributed by atoms with van der Waals surface area (Å²) >= 11 is 0. The summed E-state index contributed by atoms with van der Waals surface area (Å²) in [7, 11) is 0. The summed E-state index contributed by atoms with van der Waals surface area (Å²) in [6.07, 6.45) is 4.12. The average Bonchev–Trinajstić information content (AvgIpc) is 3.16. The minimum absolute atomic E-state index is 0.116. The van der Waals surface area contributed by atoms with E-state index in [0.717, 1.165) is 31.1 Å². The fourth-order valence-electron chi connectivity index (χ4n) is 3.38. The van der Waals surface area contributed by atoms with Gasteiger partial charge in [0.2, 0.25) is 11.5 Å². The summed E-state index contributed by atoms with van der Waals surface area (Å²) in [5.41, 5.74) is 0.723. The number of aromatic nitrogens is 4. The van der Waals surface area contributed by atoms with Gasteiger partial charge in [0, 0.05) is 43.5 Å². The SMILES string of the molecule is O=c1ccc(-c2nc(N3CCCC4CNCC43)n[nH]2)c[nH]1. The molecule has 0 aromatic carbocycles. The zero-order chi connectivity index (χ0) is 14.2. The highest BCUT2D eigenvalue weighted by Crippen LogP contribution is 2.29. The Morgan fingerprint density at radius 3 is 3.10 bits per heavy atom. The van der Waals surface area contributed by atoms with E-state index in [1.807, 2.05) is 0 Å². The number of nitrogens with one attached hydrogen (secondary N) is 3. The number of pyridine rings is 1. The van der Waals surface area contributed by atoms with Gasteiger partial charge < -0.3 is 15.2 Å². The van der Waals surface area contributed by atoms with Gasteiger partial charge in [-0.2, -0.15) is 4.98 Å². The van der Waals surface area contributed by atoms with Crippen molar-refractivity contribution in [3.05, 3.63) is 28.7 Å². The molecule has 2 unspecified atom stereocenters. The summed E-state index contributed by atoms with van der Waals surface area (Å²) in [5.74, 6) is 2.15. The summed E-state index contributed by atoms with van der Waals surface area (Å²) in [6.45, 7) is 3.11. The maximum absolute atomic E-state index is 11.1. The number of nitrogens with zero attached hydrogens (tertiary/aromatic N) is 3. The van der Waals surface area contributed by atoms with E-state index in [4.69, 9.17) is 0 Å². The quantitative estimate of drug-likeness (QED) is 0.741. The predicted octanol–water partition coefficient (Wildman–Crippen LogP) is 0.348. The fourth-order valence-corrected chi connectivity index (χ4v) is 3.38. The Morgan fingerprint density at radius 2 is 2.24 bits per heavy atom. The number of H-pyrrole nitrogens is 2. The maximum atomic E-state index is 11.1. The molecule has 2 saturated heterocycles. The lowest BCUT2D eigenvalue weighted by atomic mass is 9.92. The van der Waals surface area contributed by atoms with Crippen LogP contribution in [-0.4, -0.2) is 45.8 Å². The van der Waals surface area contributed by atoms with Crippen LogP contribution in [0.5, 0.6) is 0 Å². The predicted molar refractivity (Wildman–Crippen MR) is 79.2 cm³/mol. The molecule has 7 heteroatoms. The largest absolute Gasteiger partial charge is 0.335 e. The van der Waals surface area contributed by atoms with Gasteiger partial charge in [0.05, 0.1) is 0 Å². The molecule has 7 nitrogen and oxygen atoms in total. The Morgan fingerprint density at radius 1 is 1.29 bits per heavy atom. The number of rotatable bonds is 2. The number of fused-ring (bicyclic) bond motifs is 1. The van der Waals surface area contributed by atoms with Gasteiger partial charge in [-0.3, -0.25) is 9.89 Å². The lowest BCUT2D eigenvalue weighted by Crippen LogP contribution is -2.45. The van der Waals surface area contributed by atoms with Crippen LogP contribution in [0.3, 0.4) is 0 Å². The highest BCUT2D eigenvalue weighted by Gasteiger charge is 2.36. The van der Waals surface area contributed by atoms with Gasteiger partial charge >= 0.3 is 0 Å². The molecule has 21 heavy (non-hydrogen) atoms. The molecule has 3 N–H and O–H groups in total. The van der Waals surface area contributed by atoms with Gasteiger partial charge in [0.25, 0.3) is 0 Å². The van der Waals surface area contributed by atoms with E-state index < -0.39 is 0 Å². The Labute approximate surface area is 121 Å². The molecule has 0 bridgehead atoms. The number of aromatic amines is 2. The minimum atomic E-state index is -0.116. The van der Waals surface area contributed by atoms with Crippen LogP contribution < -0.4 is 15.8 Å². The van der Waals surface area contributed by atoms with Crippen LogP contribution >= 0.6 is 0 Å². The van der Waals surface area contributed by atoms with Crippen molar-refractivity contribution in [3.63, 3.8) is 0 Å². The van der Waals surface area contributed by atoms with Crippen molar-refractivity contribution in [2.24, 2.45) is 5.92 Å². The smallest absolute Gasteiger partial charge is 0.247 e. The van der Waals surface area contributed by atoms with E-state index in [9.17, 15) is 4.79 Å². The van der Waals surface area contributed by atoms with Gasteiger partial charge in [0.1, 0.15) is 0 Å². The zero-order valence-electron chi connectivity index (χ0n) is 11.7. The monoisotopic (exact) mass is 286 g/mol. The first-order chi connectivity index (χ1) is 10.3. The summed E-state index contributed by atoms with van der Waals surface area (Å²) in [6, 6.07) is 3.74. The van der Waals surface area contributed by atoms with Gasteiger partial charge in [-0.25, -0.2) is 0 Å². The molecule has 2 aliphatic rings. The Hall–Kier alpha value is -2.15. The van der Waals surface area contributed by atoms with Gasteiger partial charge in [-0.1, -0.05) is 0 Å². The molecule has 4 heterocycles. The van der Waals surface area contributed by atoms with Crippen molar-refractivity contribution in [1.29, 1.82) is 0 Å². The Bertz CT molecular complexity index is 672. The molecule has 2 atom stereocenters. The minimum Gasteiger partial charge on any atom is -0.335 e. The van der Waals surface area contributed by atoms with Gasteiger partial charge in [0.15, 0.2) is 5.82 Å². The number of hydrogen-bond acceptors (Lipinski definition) is 5. The molecule has 0 radical (unpaired) electrons. The van der Waals surface area contributed by atoms with Crippen LogP contribution in [0.1, 0.15) is 12.8 Å². The second-order valence-electron chi connectivity index (χ2n) is 5.75. The van der Waals surface area contributed by atoms with Crippen molar-refractivity contribution < 1.29 is 0 Å². The van der Waals surface area contributed by atoms with E-state index in [1.165, 1.54) is 18.9 Å². The van der Waals surface area contributed by atoms with Gasteiger partial charge in [-0.05, 0) is 24.8 Å². The summed E-state index contributed by atoms with van der Waals surface area (Å²) in [5, 5.41) is 10.8. The van der Waals surface area contributed by atoms with Crippen molar-refractivity contribution in [3.8, 4) is 11.4 Å². The Kier molecular flexibility index (Phi) is 2.99. The second kappa shape index (κ2) is 5.00. The highest BCUT2D eigenvalue weighted by atomic mass is 16.1. The number of hydrogen-bond donors (Lipinski definition) is 3. The maximum Gasteiger partial charge on any atom is 0.247 e. The third-order valence-electron chi connectivity index (χ3n) is 4.47. The first kappa shape index (κ1) is 12.6. The summed E-state index contributed by atoms with van der Waals surface area (Å²) < 4.78 is 0. The van der Waals surface area contributed by atoms with Crippen molar-refractivity contribution in [2.75, 3.05) is 24.5 Å². The molecule has 4 rings (SSSR count). The van der Waals surface area contributed by atoms with Crippen molar-refractivity contribution >= 4 is 5.95 Å². The molecule has 2 fully saturated rings. The highest BCUT2D eigenvalue weighted by molar-refractivity contribution is 5.54. The van der Waals surface area contributed by atoms with Crippen LogP contribution in [0.2, 0.25) is 0 Å². The molecule has 110 valence electrons. The molecule has 0 amide bonds. The molecule has 2 aromatic rings. The second-order valence-corrected chi connectivity index (χ2v) is 5.75. The average molecular weight is 286 g/mol. The van der Waals surface area contributed by atoms with E-state index in [1.54, 1.807) is 12.3 Å². The van der Waals surface area contributed by atoms with Crippen molar-refractivity contribution in [2.45, 2.75) is 18.9 Å². The molecule has 2 aromatic heterocycles. The lowest BCUT2D eigenvalue weighted by molar-refractivity contribution is 0.381. The summed E-state index contributed by atoms with van der Waals surface area (Å²) in [4.78, 5) is 20.7. The third kappa shape index (κ3) is 2.23. The first-order valence-corrected chi connectivity index (χ1v) is 7.40. The number of anilines is 1. The first-order valence-electron chi connectivity index (χ1n) is 7.40. The van der Waals surface area contributed by atoms with Crippen LogP contribution in [0, 0.1) is 5.92 Å². The van der Waals surface area contributed by atoms with E-state index in [0.29, 0.717) is 17.8 Å². The zero-order valence-corrected chi connectivity index (χ0v) is 11.7. The van der Waals surface area contributed by atoms with E-state index in [-0.39, 0.29) is 5.56 Å². The standard InChI is InChI=1S/C14H18N6O/c21-12-4-3-10(7-16-12)13-17-14(19-18-13)20-5-1-2-9-6-15-8-11(9)20/h3-4,7,9,11,15H,1-2,5-6,8H2,(H,16,21)(H,17,18,19). The lowest BCUT2D eigenvalue weighted by Gasteiger charge is -2.36. The molecule has 0 spiro atoms. The fraction of sp³-hybridized carbons (Fsp3) is 0.500. The van der Waals surface area contributed by atoms with Crippen molar-refractivity contribution in [1.82, 2.24) is 25.5 Å². The normalized spacial score (nSPS) is 25.0. The van der Waals surface area contributed by atoms with Crippen LogP contribution in [0.4, 0.5) is 5.95 Å². The Balaban J connectivity index is 1.61. The molecule has 0 aliphatic carbocycles. The van der Waals surface area contributed by atoms with Crippen LogP contribution in [0.15, 0.2) is 23.1 Å². The van der Waals surface area contributed by atoms with E-state index >= 15 is 0 Å². The third-order valence-corrected chi connectivity index (χ3v) is 4.47. The molecular weight excluding hydrogens is 268 g/mol.